The first-order valence-electron chi connectivity index (χ1n) is 6.59. The highest BCUT2D eigenvalue weighted by Crippen LogP contribution is 2.36. The van der Waals surface area contributed by atoms with Crippen LogP contribution in [-0.2, 0) is 0 Å². The van der Waals surface area contributed by atoms with Crippen molar-refractivity contribution < 1.29 is 9.59 Å². The van der Waals surface area contributed by atoms with E-state index in [1.165, 1.54) is 24.7 Å². The van der Waals surface area contributed by atoms with Crippen LogP contribution in [0, 0.1) is 0 Å². The molecule has 1 aliphatic heterocycles. The van der Waals surface area contributed by atoms with Crippen LogP contribution in [0.3, 0.4) is 0 Å². The van der Waals surface area contributed by atoms with Crippen LogP contribution in [0.5, 0.6) is 0 Å². The lowest BCUT2D eigenvalue weighted by atomic mass is 10.2. The van der Waals surface area contributed by atoms with Crippen LogP contribution >= 0.6 is 11.3 Å². The zero-order chi connectivity index (χ0) is 14.9. The Hall–Kier alpha value is -1.60. The fraction of sp³-hybridized carbons (Fsp3) is 0.538. The van der Waals surface area contributed by atoms with E-state index in [0.717, 1.165) is 13.0 Å². The average molecular weight is 296 g/mol. The predicted molar refractivity (Wildman–Crippen MR) is 81.4 cm³/mol. The Balaban J connectivity index is 2.20. The zero-order valence-electron chi connectivity index (χ0n) is 11.7. The van der Waals surface area contributed by atoms with Gasteiger partial charge in [0, 0.05) is 19.5 Å². The van der Waals surface area contributed by atoms with Crippen molar-refractivity contribution in [2.24, 2.45) is 5.73 Å². The Morgan fingerprint density at radius 2 is 2.20 bits per heavy atom. The lowest BCUT2D eigenvalue weighted by Crippen LogP contribution is -2.31. The molecule has 7 heteroatoms. The van der Waals surface area contributed by atoms with Gasteiger partial charge in [-0.2, -0.15) is 0 Å². The largest absolute Gasteiger partial charge is 0.397 e. The van der Waals surface area contributed by atoms with Crippen LogP contribution in [0.1, 0.15) is 39.8 Å². The van der Waals surface area contributed by atoms with Gasteiger partial charge >= 0.3 is 0 Å². The molecule has 1 fully saturated rings. The SMILES string of the molecule is CC(=O)c1sc(NCC2CCCN2C)c(C(N)=O)c1N. The third-order valence-corrected chi connectivity index (χ3v) is 4.95. The third-order valence-electron chi connectivity index (χ3n) is 3.68. The van der Waals surface area contributed by atoms with Crippen LogP contribution in [-0.4, -0.2) is 42.8 Å². The Labute approximate surface area is 122 Å². The Kier molecular flexibility index (Phi) is 4.29. The molecule has 2 rings (SSSR count). The maximum Gasteiger partial charge on any atom is 0.253 e. The summed E-state index contributed by atoms with van der Waals surface area (Å²) in [5.74, 6) is -0.755. The molecule has 1 aromatic heterocycles. The lowest BCUT2D eigenvalue weighted by Gasteiger charge is -2.20. The van der Waals surface area contributed by atoms with E-state index < -0.39 is 5.91 Å². The fourth-order valence-electron chi connectivity index (χ4n) is 2.52. The number of primary amides is 1. The highest BCUT2D eigenvalue weighted by atomic mass is 32.1. The number of nitrogens with two attached hydrogens (primary N) is 2. The molecule has 20 heavy (non-hydrogen) atoms. The molecule has 1 aromatic rings. The lowest BCUT2D eigenvalue weighted by molar-refractivity contribution is 0.100. The number of thiophene rings is 1. The molecule has 1 atom stereocenters. The van der Waals surface area contributed by atoms with Gasteiger partial charge < -0.3 is 21.7 Å². The summed E-state index contributed by atoms with van der Waals surface area (Å²) < 4.78 is 0. The summed E-state index contributed by atoms with van der Waals surface area (Å²) >= 11 is 1.20. The summed E-state index contributed by atoms with van der Waals surface area (Å²) in [6.07, 6.45) is 2.30. The number of carbonyl (C=O) groups excluding carboxylic acids is 2. The van der Waals surface area contributed by atoms with E-state index in [4.69, 9.17) is 11.5 Å². The number of hydrogen-bond donors (Lipinski definition) is 3. The molecule has 1 aliphatic rings. The maximum atomic E-state index is 11.5. The van der Waals surface area contributed by atoms with E-state index in [1.807, 2.05) is 0 Å². The van der Waals surface area contributed by atoms with Crippen LogP contribution < -0.4 is 16.8 Å². The van der Waals surface area contributed by atoms with Crippen molar-refractivity contribution in [2.75, 3.05) is 31.2 Å². The topological polar surface area (TPSA) is 101 Å². The number of likely N-dealkylation sites (tertiary alicyclic amines) is 1. The van der Waals surface area contributed by atoms with Gasteiger partial charge in [-0.3, -0.25) is 9.59 Å². The number of likely N-dealkylation sites (N-methyl/N-ethyl adjacent to an activating group) is 1. The van der Waals surface area contributed by atoms with E-state index in [9.17, 15) is 9.59 Å². The average Bonchev–Trinajstić information content (AvgIpc) is 2.90. The van der Waals surface area contributed by atoms with E-state index in [2.05, 4.69) is 17.3 Å². The van der Waals surface area contributed by atoms with Crippen molar-refractivity contribution >= 4 is 33.7 Å². The molecule has 2 heterocycles. The smallest absolute Gasteiger partial charge is 0.253 e. The van der Waals surface area contributed by atoms with Gasteiger partial charge in [0.2, 0.25) is 0 Å². The van der Waals surface area contributed by atoms with Gasteiger partial charge in [0.15, 0.2) is 5.78 Å². The second kappa shape index (κ2) is 5.80. The summed E-state index contributed by atoms with van der Waals surface area (Å²) in [6, 6.07) is 0.430. The van der Waals surface area contributed by atoms with Crippen molar-refractivity contribution in [1.29, 1.82) is 0 Å². The number of nitrogens with one attached hydrogen (secondary N) is 1. The monoisotopic (exact) mass is 296 g/mol. The molecular formula is C13H20N4O2S. The summed E-state index contributed by atoms with van der Waals surface area (Å²) in [5.41, 5.74) is 11.7. The minimum absolute atomic E-state index is 0.152. The molecule has 6 nitrogen and oxygen atoms in total. The van der Waals surface area contributed by atoms with E-state index in [-0.39, 0.29) is 17.0 Å². The quantitative estimate of drug-likeness (QED) is 0.707. The van der Waals surface area contributed by atoms with Crippen molar-refractivity contribution in [3.63, 3.8) is 0 Å². The van der Waals surface area contributed by atoms with Crippen molar-refractivity contribution in [3.8, 4) is 0 Å². The second-order valence-electron chi connectivity index (χ2n) is 5.13. The summed E-state index contributed by atoms with van der Waals surface area (Å²) in [4.78, 5) is 25.7. The molecule has 1 amide bonds. The van der Waals surface area contributed by atoms with Crippen molar-refractivity contribution in [2.45, 2.75) is 25.8 Å². The molecule has 1 saturated heterocycles. The Bertz CT molecular complexity index is 541. The number of nitrogen functional groups attached to an aromatic ring is 1. The minimum Gasteiger partial charge on any atom is -0.397 e. The molecule has 110 valence electrons. The van der Waals surface area contributed by atoms with Gasteiger partial charge in [-0.1, -0.05) is 0 Å². The van der Waals surface area contributed by atoms with Gasteiger partial charge in [-0.15, -0.1) is 11.3 Å². The second-order valence-corrected chi connectivity index (χ2v) is 6.15. The number of anilines is 2. The predicted octanol–water partition coefficient (Wildman–Crippen LogP) is 1.14. The normalized spacial score (nSPS) is 19.2. The van der Waals surface area contributed by atoms with Gasteiger partial charge in [-0.05, 0) is 26.4 Å². The first kappa shape index (κ1) is 14.8. The minimum atomic E-state index is -0.603. The first-order chi connectivity index (χ1) is 9.41. The maximum absolute atomic E-state index is 11.5. The third kappa shape index (κ3) is 2.78. The number of ketones is 1. The number of Topliss-reactive ketones (excluding diaryl/α,β-unsaturated/α-hetero) is 1. The number of rotatable bonds is 5. The number of hydrogen-bond acceptors (Lipinski definition) is 6. The number of nitrogens with zero attached hydrogens (tertiary/aromatic N) is 1. The molecule has 0 spiro atoms. The number of amides is 1. The zero-order valence-corrected chi connectivity index (χ0v) is 12.5. The Morgan fingerprint density at radius 3 is 2.70 bits per heavy atom. The molecule has 0 bridgehead atoms. The van der Waals surface area contributed by atoms with E-state index in [0.29, 0.717) is 22.5 Å². The van der Waals surface area contributed by atoms with Gasteiger partial charge in [-0.25, -0.2) is 0 Å². The molecule has 0 aromatic carbocycles. The molecule has 5 N–H and O–H groups in total. The van der Waals surface area contributed by atoms with E-state index in [1.54, 1.807) is 0 Å². The standard InChI is InChI=1S/C13H20N4O2S/c1-7(18)11-10(14)9(12(15)19)13(20-11)16-6-8-4-3-5-17(8)2/h8,16H,3-6,14H2,1-2H3,(H2,15,19). The summed E-state index contributed by atoms with van der Waals surface area (Å²) in [5, 5.41) is 3.82. The van der Waals surface area contributed by atoms with Crippen LogP contribution in [0.4, 0.5) is 10.7 Å². The van der Waals surface area contributed by atoms with Crippen molar-refractivity contribution in [3.05, 3.63) is 10.4 Å². The van der Waals surface area contributed by atoms with Gasteiger partial charge in [0.05, 0.1) is 16.1 Å². The highest BCUT2D eigenvalue weighted by Gasteiger charge is 2.25. The first-order valence-corrected chi connectivity index (χ1v) is 7.40. The summed E-state index contributed by atoms with van der Waals surface area (Å²) in [6.45, 7) is 3.23. The highest BCUT2D eigenvalue weighted by molar-refractivity contribution is 7.19. The molecule has 0 aliphatic carbocycles. The molecule has 0 radical (unpaired) electrons. The molecular weight excluding hydrogens is 276 g/mol. The van der Waals surface area contributed by atoms with Crippen molar-refractivity contribution in [1.82, 2.24) is 4.90 Å². The van der Waals surface area contributed by atoms with Gasteiger partial charge in [0.1, 0.15) is 5.00 Å². The van der Waals surface area contributed by atoms with Crippen LogP contribution in [0.2, 0.25) is 0 Å². The molecule has 0 saturated carbocycles. The van der Waals surface area contributed by atoms with E-state index >= 15 is 0 Å². The van der Waals surface area contributed by atoms with Crippen LogP contribution in [0.25, 0.3) is 0 Å². The van der Waals surface area contributed by atoms with Gasteiger partial charge in [0.25, 0.3) is 5.91 Å². The molecule has 1 unspecified atom stereocenters. The summed E-state index contributed by atoms with van der Waals surface area (Å²) in [7, 11) is 2.08. The Morgan fingerprint density at radius 1 is 1.50 bits per heavy atom. The number of carbonyl (C=O) groups is 2. The fourth-order valence-corrected chi connectivity index (χ4v) is 3.55. The van der Waals surface area contributed by atoms with Crippen LogP contribution in [0.15, 0.2) is 0 Å².